The number of ether oxygens (including phenoxy) is 2. The second-order valence-corrected chi connectivity index (χ2v) is 9.40. The molecule has 0 saturated heterocycles. The van der Waals surface area contributed by atoms with E-state index in [1.165, 1.54) is 37.6 Å². The molecular formula is C25H24ClN3O5S. The number of carbonyl (C=O) groups excluding carboxylic acids is 1. The molecule has 3 aromatic carbocycles. The molecule has 0 radical (unpaired) electrons. The van der Waals surface area contributed by atoms with Crippen molar-refractivity contribution in [1.29, 1.82) is 0 Å². The van der Waals surface area contributed by atoms with Crippen molar-refractivity contribution in [3.8, 4) is 11.5 Å². The Kier molecular flexibility index (Phi) is 8.88. The number of nitrogens with one attached hydrogen (secondary N) is 1. The molecule has 3 rings (SSSR count). The van der Waals surface area contributed by atoms with Gasteiger partial charge in [-0.05, 0) is 60.2 Å². The maximum atomic E-state index is 13.3. The van der Waals surface area contributed by atoms with E-state index in [2.05, 4.69) is 17.1 Å². The number of methoxy groups -OCH3 is 1. The lowest BCUT2D eigenvalue weighted by molar-refractivity contribution is -0.119. The van der Waals surface area contributed by atoms with E-state index in [4.69, 9.17) is 21.1 Å². The molecule has 1 amide bonds. The van der Waals surface area contributed by atoms with Gasteiger partial charge in [-0.1, -0.05) is 42.5 Å². The Morgan fingerprint density at radius 1 is 1.09 bits per heavy atom. The van der Waals surface area contributed by atoms with Crippen LogP contribution in [-0.4, -0.2) is 40.8 Å². The number of hydrazone groups is 1. The van der Waals surface area contributed by atoms with Gasteiger partial charge in [0.2, 0.25) is 0 Å². The van der Waals surface area contributed by atoms with E-state index < -0.39 is 22.5 Å². The molecule has 0 heterocycles. The van der Waals surface area contributed by atoms with Crippen LogP contribution in [0.15, 0.2) is 95.4 Å². The van der Waals surface area contributed by atoms with Crippen molar-refractivity contribution < 1.29 is 22.7 Å². The summed E-state index contributed by atoms with van der Waals surface area (Å²) in [5.41, 5.74) is 3.29. The van der Waals surface area contributed by atoms with Gasteiger partial charge in [0.15, 0.2) is 11.5 Å². The SMILES string of the molecule is C=CCOc1ccc(/C=N\NC(=O)CN(c2ccc(Cl)cc2)S(=O)(=O)c2ccccc2)cc1OC. The number of halogens is 1. The van der Waals surface area contributed by atoms with Crippen molar-refractivity contribution in [3.05, 3.63) is 96.0 Å². The zero-order valence-corrected chi connectivity index (χ0v) is 20.5. The molecule has 35 heavy (non-hydrogen) atoms. The zero-order valence-electron chi connectivity index (χ0n) is 18.9. The Hall–Kier alpha value is -3.82. The Balaban J connectivity index is 1.76. The minimum absolute atomic E-state index is 0.0529. The summed E-state index contributed by atoms with van der Waals surface area (Å²) in [5, 5.41) is 4.39. The van der Waals surface area contributed by atoms with Gasteiger partial charge in [0.25, 0.3) is 15.9 Å². The Labute approximate surface area is 209 Å². The van der Waals surface area contributed by atoms with Gasteiger partial charge in [0.05, 0.1) is 23.9 Å². The summed E-state index contributed by atoms with van der Waals surface area (Å²) in [7, 11) is -2.51. The molecule has 0 spiro atoms. The Morgan fingerprint density at radius 2 is 1.80 bits per heavy atom. The molecule has 0 atom stereocenters. The van der Waals surface area contributed by atoms with Gasteiger partial charge >= 0.3 is 0 Å². The smallest absolute Gasteiger partial charge is 0.264 e. The summed E-state index contributed by atoms with van der Waals surface area (Å²) in [5.74, 6) is 0.400. The highest BCUT2D eigenvalue weighted by Crippen LogP contribution is 2.28. The summed E-state index contributed by atoms with van der Waals surface area (Å²) in [6, 6.07) is 19.1. The number of sulfonamides is 1. The maximum Gasteiger partial charge on any atom is 0.264 e. The summed E-state index contributed by atoms with van der Waals surface area (Å²) >= 11 is 5.95. The van der Waals surface area contributed by atoms with Crippen molar-refractivity contribution in [2.45, 2.75) is 4.90 Å². The molecule has 10 heteroatoms. The molecule has 1 N–H and O–H groups in total. The Bertz CT molecular complexity index is 1300. The highest BCUT2D eigenvalue weighted by atomic mass is 35.5. The van der Waals surface area contributed by atoms with Gasteiger partial charge in [0, 0.05) is 5.02 Å². The van der Waals surface area contributed by atoms with Crippen LogP contribution < -0.4 is 19.2 Å². The summed E-state index contributed by atoms with van der Waals surface area (Å²) in [4.78, 5) is 12.7. The van der Waals surface area contributed by atoms with Gasteiger partial charge in [-0.3, -0.25) is 9.10 Å². The lowest BCUT2D eigenvalue weighted by Gasteiger charge is -2.23. The van der Waals surface area contributed by atoms with Crippen molar-refractivity contribution in [2.24, 2.45) is 5.10 Å². The molecule has 0 bridgehead atoms. The number of amides is 1. The fraction of sp³-hybridized carbons (Fsp3) is 0.120. The van der Waals surface area contributed by atoms with E-state index in [1.54, 1.807) is 54.6 Å². The molecular weight excluding hydrogens is 490 g/mol. The number of anilines is 1. The van der Waals surface area contributed by atoms with Crippen LogP contribution in [0.25, 0.3) is 0 Å². The first-order valence-corrected chi connectivity index (χ1v) is 12.2. The van der Waals surface area contributed by atoms with Crippen LogP contribution in [-0.2, 0) is 14.8 Å². The molecule has 0 aliphatic rings. The number of carbonyl (C=O) groups is 1. The predicted octanol–water partition coefficient (Wildman–Crippen LogP) is 4.26. The third kappa shape index (κ3) is 6.84. The van der Waals surface area contributed by atoms with Crippen LogP contribution in [0.5, 0.6) is 11.5 Å². The van der Waals surface area contributed by atoms with Crippen molar-refractivity contribution >= 4 is 39.4 Å². The first-order valence-electron chi connectivity index (χ1n) is 10.4. The standard InChI is InChI=1S/C25H24ClN3O5S/c1-3-15-34-23-14-9-19(16-24(23)33-2)17-27-28-25(30)18-29(21-12-10-20(26)11-13-21)35(31,32)22-7-5-4-6-8-22/h3-14,16-17H,1,15,18H2,2H3,(H,28,30)/b27-17-. The van der Waals surface area contributed by atoms with E-state index in [1.807, 2.05) is 0 Å². The fourth-order valence-corrected chi connectivity index (χ4v) is 4.59. The molecule has 0 unspecified atom stereocenters. The van der Waals surface area contributed by atoms with Crippen molar-refractivity contribution in [2.75, 3.05) is 24.6 Å². The predicted molar refractivity (Wildman–Crippen MR) is 137 cm³/mol. The molecule has 0 saturated carbocycles. The molecule has 182 valence electrons. The van der Waals surface area contributed by atoms with Crippen LogP contribution in [0.4, 0.5) is 5.69 Å². The van der Waals surface area contributed by atoms with Gasteiger partial charge in [-0.25, -0.2) is 13.8 Å². The molecule has 3 aromatic rings. The number of benzene rings is 3. The highest BCUT2D eigenvalue weighted by Gasteiger charge is 2.27. The van der Waals surface area contributed by atoms with Gasteiger partial charge < -0.3 is 9.47 Å². The lowest BCUT2D eigenvalue weighted by Crippen LogP contribution is -2.39. The minimum atomic E-state index is -4.02. The number of hydrogen-bond acceptors (Lipinski definition) is 6. The Morgan fingerprint density at radius 3 is 2.46 bits per heavy atom. The van der Waals surface area contributed by atoms with E-state index >= 15 is 0 Å². The number of hydrogen-bond donors (Lipinski definition) is 1. The van der Waals surface area contributed by atoms with Crippen molar-refractivity contribution in [3.63, 3.8) is 0 Å². The summed E-state index contributed by atoms with van der Waals surface area (Å²) in [6.07, 6.45) is 3.03. The van der Waals surface area contributed by atoms with E-state index in [0.717, 1.165) is 4.31 Å². The highest BCUT2D eigenvalue weighted by molar-refractivity contribution is 7.92. The molecule has 0 aliphatic carbocycles. The van der Waals surface area contributed by atoms with Crippen LogP contribution >= 0.6 is 11.6 Å². The average Bonchev–Trinajstić information content (AvgIpc) is 2.87. The molecule has 0 aliphatic heterocycles. The maximum absolute atomic E-state index is 13.3. The first kappa shape index (κ1) is 25.8. The first-order chi connectivity index (χ1) is 16.8. The third-order valence-electron chi connectivity index (χ3n) is 4.68. The second kappa shape index (κ2) is 12.0. The van der Waals surface area contributed by atoms with Crippen LogP contribution in [0, 0.1) is 0 Å². The quantitative estimate of drug-likeness (QED) is 0.235. The molecule has 8 nitrogen and oxygen atoms in total. The monoisotopic (exact) mass is 513 g/mol. The number of nitrogens with zero attached hydrogens (tertiary/aromatic N) is 2. The lowest BCUT2D eigenvalue weighted by atomic mass is 10.2. The normalized spacial score (nSPS) is 11.1. The molecule has 0 aromatic heterocycles. The number of rotatable bonds is 11. The fourth-order valence-electron chi connectivity index (χ4n) is 3.02. The molecule has 0 fully saturated rings. The minimum Gasteiger partial charge on any atom is -0.493 e. The van der Waals surface area contributed by atoms with Gasteiger partial charge in [-0.2, -0.15) is 5.10 Å². The van der Waals surface area contributed by atoms with E-state index in [0.29, 0.717) is 28.7 Å². The van der Waals surface area contributed by atoms with Crippen LogP contribution in [0.1, 0.15) is 5.56 Å². The van der Waals surface area contributed by atoms with Crippen molar-refractivity contribution in [1.82, 2.24) is 5.43 Å². The largest absolute Gasteiger partial charge is 0.493 e. The van der Waals surface area contributed by atoms with Gasteiger partial charge in [0.1, 0.15) is 13.2 Å². The second-order valence-electron chi connectivity index (χ2n) is 7.10. The summed E-state index contributed by atoms with van der Waals surface area (Å²) < 4.78 is 38.4. The zero-order chi connectivity index (χ0) is 25.3. The van der Waals surface area contributed by atoms with E-state index in [9.17, 15) is 13.2 Å². The van der Waals surface area contributed by atoms with E-state index in [-0.39, 0.29) is 10.6 Å². The summed E-state index contributed by atoms with van der Waals surface area (Å²) in [6.45, 7) is 3.44. The van der Waals surface area contributed by atoms with Gasteiger partial charge in [-0.15, -0.1) is 0 Å². The van der Waals surface area contributed by atoms with Crippen LogP contribution in [0.3, 0.4) is 0 Å². The average molecular weight is 514 g/mol. The third-order valence-corrected chi connectivity index (χ3v) is 6.72. The van der Waals surface area contributed by atoms with Crippen LogP contribution in [0.2, 0.25) is 5.02 Å². The topological polar surface area (TPSA) is 97.3 Å².